The number of aromatic amines is 1. The molecule has 0 radical (unpaired) electrons. The Labute approximate surface area is 190 Å². The number of hydrogen-bond donors (Lipinski definition) is 2. The van der Waals surface area contributed by atoms with Crippen LogP contribution < -0.4 is 5.32 Å². The minimum Gasteiger partial charge on any atom is -0.444 e. The molecule has 0 aliphatic carbocycles. The van der Waals surface area contributed by atoms with Crippen molar-refractivity contribution in [3.05, 3.63) is 41.9 Å². The fourth-order valence-electron chi connectivity index (χ4n) is 3.87. The molecular weight excluding hydrogens is 404 g/mol. The van der Waals surface area contributed by atoms with Gasteiger partial charge in [0.1, 0.15) is 17.5 Å². The molecule has 1 aliphatic heterocycles. The van der Waals surface area contributed by atoms with Gasteiger partial charge in [-0.25, -0.2) is 9.78 Å². The number of likely N-dealkylation sites (tertiary alicyclic amines) is 1. The summed E-state index contributed by atoms with van der Waals surface area (Å²) in [5.41, 5.74) is 2.25. The highest BCUT2D eigenvalue weighted by molar-refractivity contribution is 5.86. The second-order valence-corrected chi connectivity index (χ2v) is 10.7. The number of imidazole rings is 1. The van der Waals surface area contributed by atoms with Gasteiger partial charge in [0, 0.05) is 6.54 Å². The topological polar surface area (TPSA) is 87.3 Å². The molecule has 2 N–H and O–H groups in total. The van der Waals surface area contributed by atoms with Gasteiger partial charge in [0.2, 0.25) is 5.91 Å². The van der Waals surface area contributed by atoms with E-state index in [9.17, 15) is 9.59 Å². The van der Waals surface area contributed by atoms with Gasteiger partial charge in [-0.1, -0.05) is 50.6 Å². The number of amides is 2. The summed E-state index contributed by atoms with van der Waals surface area (Å²) in [6, 6.07) is 7.34. The van der Waals surface area contributed by atoms with Gasteiger partial charge in [0.05, 0.1) is 17.9 Å². The lowest BCUT2D eigenvalue weighted by Crippen LogP contribution is -2.50. The third-order valence-electron chi connectivity index (χ3n) is 5.57. The Balaban J connectivity index is 1.78. The minimum atomic E-state index is -0.602. The molecule has 1 saturated heterocycles. The zero-order valence-corrected chi connectivity index (χ0v) is 20.3. The molecule has 1 aliphatic rings. The van der Waals surface area contributed by atoms with Gasteiger partial charge in [0.25, 0.3) is 0 Å². The van der Waals surface area contributed by atoms with E-state index < -0.39 is 17.7 Å². The van der Waals surface area contributed by atoms with Crippen LogP contribution in [0.3, 0.4) is 0 Å². The fraction of sp³-hybridized carbons (Fsp3) is 0.560. The highest BCUT2D eigenvalue weighted by Gasteiger charge is 2.39. The maximum atomic E-state index is 13.3. The molecule has 2 atom stereocenters. The van der Waals surface area contributed by atoms with Crippen molar-refractivity contribution in [2.45, 2.75) is 79.0 Å². The largest absolute Gasteiger partial charge is 0.444 e. The quantitative estimate of drug-likeness (QED) is 0.701. The number of benzene rings is 1. The predicted molar refractivity (Wildman–Crippen MR) is 125 cm³/mol. The van der Waals surface area contributed by atoms with E-state index in [4.69, 9.17) is 4.74 Å². The predicted octanol–water partition coefficient (Wildman–Crippen LogP) is 4.99. The van der Waals surface area contributed by atoms with E-state index in [1.165, 1.54) is 5.56 Å². The van der Waals surface area contributed by atoms with E-state index >= 15 is 0 Å². The molecule has 0 bridgehead atoms. The van der Waals surface area contributed by atoms with Crippen molar-refractivity contribution in [1.82, 2.24) is 20.2 Å². The number of carbonyl (C=O) groups excluding carboxylic acids is 2. The van der Waals surface area contributed by atoms with Crippen LogP contribution in [0.4, 0.5) is 4.79 Å². The van der Waals surface area contributed by atoms with Gasteiger partial charge < -0.3 is 15.0 Å². The monoisotopic (exact) mass is 440 g/mol. The normalized spacial score (nSPS) is 17.8. The van der Waals surface area contributed by atoms with E-state index in [-0.39, 0.29) is 17.4 Å². The van der Waals surface area contributed by atoms with Gasteiger partial charge in [-0.2, -0.15) is 0 Å². The van der Waals surface area contributed by atoms with Crippen LogP contribution in [0.2, 0.25) is 0 Å². The number of carbonyl (C=O) groups is 2. The third-order valence-corrected chi connectivity index (χ3v) is 5.57. The lowest BCUT2D eigenvalue weighted by molar-refractivity contribution is -0.127. The first-order valence-electron chi connectivity index (χ1n) is 11.3. The van der Waals surface area contributed by atoms with E-state index in [1.807, 2.05) is 20.8 Å². The summed E-state index contributed by atoms with van der Waals surface area (Å²) >= 11 is 0. The molecule has 0 unspecified atom stereocenters. The molecule has 1 fully saturated rings. The number of aromatic nitrogens is 2. The smallest absolute Gasteiger partial charge is 0.410 e. The first-order chi connectivity index (χ1) is 14.8. The van der Waals surface area contributed by atoms with E-state index in [0.29, 0.717) is 18.8 Å². The Morgan fingerprint density at radius 1 is 1.16 bits per heavy atom. The Hall–Kier alpha value is -2.83. The van der Waals surface area contributed by atoms with Crippen LogP contribution in [0.25, 0.3) is 11.3 Å². The summed E-state index contributed by atoms with van der Waals surface area (Å²) in [5, 5.41) is 3.15. The molecule has 7 nitrogen and oxygen atoms in total. The maximum absolute atomic E-state index is 13.3. The summed E-state index contributed by atoms with van der Waals surface area (Å²) in [6.45, 7) is 14.2. The SMILES string of the molecule is Cc1ccc(-c2cnc([C@@H](NC(=O)[C@@H]3CCCN3C(=O)OC(C)(C)C)C(C)(C)C)[nH]2)cc1. The van der Waals surface area contributed by atoms with Gasteiger partial charge >= 0.3 is 6.09 Å². The van der Waals surface area contributed by atoms with Crippen molar-refractivity contribution in [3.8, 4) is 11.3 Å². The minimum absolute atomic E-state index is 0.179. The summed E-state index contributed by atoms with van der Waals surface area (Å²) in [4.78, 5) is 35.4. The average Bonchev–Trinajstić information content (AvgIpc) is 3.34. The molecular formula is C25H36N4O3. The summed E-state index contributed by atoms with van der Waals surface area (Å²) < 4.78 is 5.51. The van der Waals surface area contributed by atoms with Gasteiger partial charge in [-0.3, -0.25) is 9.69 Å². The van der Waals surface area contributed by atoms with Gasteiger partial charge in [0.15, 0.2) is 0 Å². The number of rotatable bonds is 4. The summed E-state index contributed by atoms with van der Waals surface area (Å²) in [6.07, 6.45) is 2.75. The van der Waals surface area contributed by atoms with Crippen molar-refractivity contribution in [3.63, 3.8) is 0 Å². The molecule has 7 heteroatoms. The van der Waals surface area contributed by atoms with Crippen molar-refractivity contribution < 1.29 is 14.3 Å². The summed E-state index contributed by atoms with van der Waals surface area (Å²) in [7, 11) is 0. The number of nitrogens with one attached hydrogen (secondary N) is 2. The summed E-state index contributed by atoms with van der Waals surface area (Å²) in [5.74, 6) is 0.518. The zero-order chi connectivity index (χ0) is 23.7. The molecule has 1 aromatic heterocycles. The fourth-order valence-corrected chi connectivity index (χ4v) is 3.87. The standard InChI is InChI=1S/C25H36N4O3/c1-16-10-12-17(13-11-16)18-15-26-21(27-18)20(24(2,3)4)28-22(30)19-9-8-14-29(19)23(31)32-25(5,6)7/h10-13,15,19-20H,8-9,14H2,1-7H3,(H,26,27)(H,28,30)/t19-,20+/m0/s1. The number of ether oxygens (including phenoxy) is 1. The number of nitrogens with zero attached hydrogens (tertiary/aromatic N) is 2. The van der Waals surface area contributed by atoms with Gasteiger partial charge in [-0.15, -0.1) is 0 Å². The second kappa shape index (κ2) is 8.96. The third kappa shape index (κ3) is 5.69. The zero-order valence-electron chi connectivity index (χ0n) is 20.3. The highest BCUT2D eigenvalue weighted by atomic mass is 16.6. The molecule has 2 aromatic rings. The molecule has 1 aromatic carbocycles. The molecule has 2 amide bonds. The van der Waals surface area contributed by atoms with Crippen LogP contribution in [0, 0.1) is 12.3 Å². The van der Waals surface area contributed by atoms with E-state index in [0.717, 1.165) is 17.7 Å². The van der Waals surface area contributed by atoms with Crippen LogP contribution in [-0.4, -0.2) is 45.1 Å². The molecule has 0 saturated carbocycles. The molecule has 3 rings (SSSR count). The number of aryl methyl sites for hydroxylation is 1. The van der Waals surface area contributed by atoms with Crippen LogP contribution in [0.15, 0.2) is 30.5 Å². The highest BCUT2D eigenvalue weighted by Crippen LogP contribution is 2.33. The second-order valence-electron chi connectivity index (χ2n) is 10.7. The van der Waals surface area contributed by atoms with Crippen molar-refractivity contribution in [2.75, 3.05) is 6.54 Å². The van der Waals surface area contributed by atoms with Crippen LogP contribution in [0.1, 0.15) is 71.8 Å². The van der Waals surface area contributed by atoms with E-state index in [2.05, 4.69) is 67.2 Å². The molecule has 32 heavy (non-hydrogen) atoms. The number of hydrogen-bond acceptors (Lipinski definition) is 4. The lowest BCUT2D eigenvalue weighted by Gasteiger charge is -2.33. The number of H-pyrrole nitrogens is 1. The molecule has 2 heterocycles. The Morgan fingerprint density at radius 2 is 1.81 bits per heavy atom. The van der Waals surface area contributed by atoms with Crippen molar-refractivity contribution in [2.24, 2.45) is 5.41 Å². The van der Waals surface area contributed by atoms with Crippen LogP contribution >= 0.6 is 0 Å². The Kier molecular flexibility index (Phi) is 6.67. The van der Waals surface area contributed by atoms with Crippen LogP contribution in [-0.2, 0) is 9.53 Å². The molecule has 174 valence electrons. The van der Waals surface area contributed by atoms with Crippen molar-refractivity contribution >= 4 is 12.0 Å². The average molecular weight is 441 g/mol. The Bertz CT molecular complexity index is 951. The Morgan fingerprint density at radius 3 is 2.41 bits per heavy atom. The van der Waals surface area contributed by atoms with Crippen molar-refractivity contribution in [1.29, 1.82) is 0 Å². The molecule has 0 spiro atoms. The first kappa shape index (κ1) is 23.8. The lowest BCUT2D eigenvalue weighted by atomic mass is 9.86. The first-order valence-corrected chi connectivity index (χ1v) is 11.3. The van der Waals surface area contributed by atoms with Crippen LogP contribution in [0.5, 0.6) is 0 Å². The maximum Gasteiger partial charge on any atom is 0.410 e. The van der Waals surface area contributed by atoms with E-state index in [1.54, 1.807) is 11.1 Å². The van der Waals surface area contributed by atoms with Gasteiger partial charge in [-0.05, 0) is 51.5 Å².